The van der Waals surface area contributed by atoms with Crippen LogP contribution >= 0.6 is 15.9 Å². The van der Waals surface area contributed by atoms with Crippen molar-refractivity contribution in [1.82, 2.24) is 4.57 Å². The first-order valence-electron chi connectivity index (χ1n) is 22.9. The van der Waals surface area contributed by atoms with Gasteiger partial charge in [-0.05, 0) is 111 Å². The highest BCUT2D eigenvalue weighted by Gasteiger charge is 2.24. The average Bonchev–Trinajstić information content (AvgIpc) is 3.65. The summed E-state index contributed by atoms with van der Waals surface area (Å²) in [5.41, 5.74) is 19.0. The maximum absolute atomic E-state index is 4.11. The molecule has 0 spiro atoms. The minimum absolute atomic E-state index is 0.0798. The van der Waals surface area contributed by atoms with Crippen molar-refractivity contribution < 1.29 is 0 Å². The number of nitrogens with one attached hydrogen (secondary N) is 2. The number of hydrogen-bond acceptors (Lipinski definition) is 2. The number of fused-ring (bicyclic) bond motifs is 3. The third-order valence-corrected chi connectivity index (χ3v) is 13.2. The van der Waals surface area contributed by atoms with Gasteiger partial charge in [0.05, 0.1) is 28.1 Å². The Kier molecular flexibility index (Phi) is 11.2. The lowest BCUT2D eigenvalue weighted by Gasteiger charge is -2.26. The molecule has 3 nitrogen and oxygen atoms in total. The van der Waals surface area contributed by atoms with Gasteiger partial charge in [0.15, 0.2) is 0 Å². The van der Waals surface area contributed by atoms with Crippen molar-refractivity contribution in [3.05, 3.63) is 222 Å². The van der Waals surface area contributed by atoms with E-state index in [0.29, 0.717) is 0 Å². The molecular weight excluding hydrogens is 867 g/mol. The molecule has 1 aromatic heterocycles. The van der Waals surface area contributed by atoms with Gasteiger partial charge >= 0.3 is 0 Å². The van der Waals surface area contributed by atoms with Gasteiger partial charge in [-0.25, -0.2) is 0 Å². The van der Waals surface area contributed by atoms with Crippen molar-refractivity contribution in [2.45, 2.75) is 52.4 Å². The van der Waals surface area contributed by atoms with Gasteiger partial charge in [0, 0.05) is 48.9 Å². The van der Waals surface area contributed by atoms with Crippen LogP contribution in [0.25, 0.3) is 72.0 Å². The molecule has 4 heteroatoms. The number of benzene rings is 9. The third-order valence-electron chi connectivity index (χ3n) is 12.7. The molecule has 0 unspecified atom stereocenters. The normalized spacial score (nSPS) is 11.9. The summed E-state index contributed by atoms with van der Waals surface area (Å²) in [5.74, 6) is 0. The molecule has 2 N–H and O–H groups in total. The average molecular weight is 921 g/mol. The Labute approximate surface area is 398 Å². The second-order valence-electron chi connectivity index (χ2n) is 19.4. The first kappa shape index (κ1) is 42.8. The van der Waals surface area contributed by atoms with E-state index in [0.717, 1.165) is 88.5 Å². The van der Waals surface area contributed by atoms with Crippen molar-refractivity contribution in [1.29, 1.82) is 0 Å². The van der Waals surface area contributed by atoms with Crippen LogP contribution in [0.2, 0.25) is 0 Å². The van der Waals surface area contributed by atoms with Crippen LogP contribution in [0.1, 0.15) is 52.7 Å². The molecule has 0 aliphatic heterocycles. The molecule has 0 bridgehead atoms. The number of halogens is 1. The first-order chi connectivity index (χ1) is 31.9. The van der Waals surface area contributed by atoms with E-state index in [4.69, 9.17) is 0 Å². The molecule has 10 rings (SSSR count). The van der Waals surface area contributed by atoms with Gasteiger partial charge in [-0.15, -0.1) is 0 Å². The summed E-state index contributed by atoms with van der Waals surface area (Å²) in [6.07, 6.45) is 0. The van der Waals surface area contributed by atoms with Crippen molar-refractivity contribution in [2.24, 2.45) is 0 Å². The highest BCUT2D eigenvalue weighted by atomic mass is 79.9. The zero-order valence-corrected chi connectivity index (χ0v) is 40.0. The molecular formula is C62H54BrN3. The second kappa shape index (κ2) is 17.3. The summed E-state index contributed by atoms with van der Waals surface area (Å²) in [4.78, 5) is 0. The molecule has 66 heavy (non-hydrogen) atoms. The lowest BCUT2D eigenvalue weighted by molar-refractivity contribution is 0.590. The summed E-state index contributed by atoms with van der Waals surface area (Å²) in [6.45, 7) is 13.8. The van der Waals surface area contributed by atoms with Gasteiger partial charge in [-0.1, -0.05) is 197 Å². The summed E-state index contributed by atoms with van der Waals surface area (Å²) in [7, 11) is 0. The number of aromatic nitrogens is 1. The van der Waals surface area contributed by atoms with Crippen molar-refractivity contribution in [3.8, 4) is 50.2 Å². The van der Waals surface area contributed by atoms with Crippen LogP contribution in [0.3, 0.4) is 0 Å². The predicted octanol–water partition coefficient (Wildman–Crippen LogP) is 18.3. The quantitative estimate of drug-likeness (QED) is 0.151. The molecule has 0 saturated carbocycles. The van der Waals surface area contributed by atoms with Crippen molar-refractivity contribution in [3.63, 3.8) is 0 Å². The van der Waals surface area contributed by atoms with E-state index in [1.165, 1.54) is 21.9 Å². The number of para-hydroxylation sites is 1. The van der Waals surface area contributed by atoms with Crippen LogP contribution < -0.4 is 10.6 Å². The Bertz CT molecular complexity index is 3070. The van der Waals surface area contributed by atoms with Gasteiger partial charge in [-0.3, -0.25) is 0 Å². The van der Waals surface area contributed by atoms with E-state index in [-0.39, 0.29) is 10.8 Å². The van der Waals surface area contributed by atoms with Gasteiger partial charge < -0.3 is 15.2 Å². The fraction of sp³-hybridized carbons (Fsp3) is 0.129. The Hall–Kier alpha value is -7.14. The summed E-state index contributed by atoms with van der Waals surface area (Å²) in [5, 5.41) is 10.6. The van der Waals surface area contributed by atoms with Gasteiger partial charge in [0.2, 0.25) is 0 Å². The van der Waals surface area contributed by atoms with E-state index in [2.05, 4.69) is 279 Å². The Morgan fingerprint density at radius 2 is 0.727 bits per heavy atom. The van der Waals surface area contributed by atoms with Gasteiger partial charge in [0.1, 0.15) is 0 Å². The zero-order chi connectivity index (χ0) is 45.6. The lowest BCUT2D eigenvalue weighted by atomic mass is 9.82. The van der Waals surface area contributed by atoms with E-state index in [9.17, 15) is 0 Å². The first-order valence-corrected chi connectivity index (χ1v) is 23.7. The number of anilines is 4. The largest absolute Gasteiger partial charge is 0.354 e. The predicted molar refractivity (Wildman–Crippen MR) is 287 cm³/mol. The fourth-order valence-corrected chi connectivity index (χ4v) is 9.56. The number of hydrogen-bond donors (Lipinski definition) is 2. The monoisotopic (exact) mass is 919 g/mol. The molecule has 0 fully saturated rings. The molecule has 10 aromatic rings. The Morgan fingerprint density at radius 1 is 0.364 bits per heavy atom. The van der Waals surface area contributed by atoms with Crippen molar-refractivity contribution >= 4 is 60.5 Å². The molecule has 0 saturated heterocycles. The summed E-state index contributed by atoms with van der Waals surface area (Å²) in [6, 6.07) is 74.9. The molecule has 0 aliphatic carbocycles. The van der Waals surface area contributed by atoms with Crippen LogP contribution in [0.5, 0.6) is 0 Å². The van der Waals surface area contributed by atoms with Crippen LogP contribution in [-0.2, 0) is 10.8 Å². The molecule has 9 aromatic carbocycles. The van der Waals surface area contributed by atoms with E-state index in [1.807, 2.05) is 0 Å². The fourth-order valence-electron chi connectivity index (χ4n) is 9.20. The molecule has 324 valence electrons. The van der Waals surface area contributed by atoms with Crippen LogP contribution in [0.15, 0.2) is 211 Å². The second-order valence-corrected chi connectivity index (χ2v) is 20.3. The Morgan fingerprint density at radius 3 is 1.12 bits per heavy atom. The third kappa shape index (κ3) is 8.45. The highest BCUT2D eigenvalue weighted by molar-refractivity contribution is 9.10. The smallest absolute Gasteiger partial charge is 0.0543 e. The molecule has 0 amide bonds. The topological polar surface area (TPSA) is 29.0 Å². The van der Waals surface area contributed by atoms with E-state index < -0.39 is 0 Å². The minimum atomic E-state index is -0.0798. The van der Waals surface area contributed by atoms with Crippen LogP contribution in [0, 0.1) is 0 Å². The Balaban J connectivity index is 1.26. The van der Waals surface area contributed by atoms with Crippen LogP contribution in [-0.4, -0.2) is 4.57 Å². The van der Waals surface area contributed by atoms with Crippen molar-refractivity contribution in [2.75, 3.05) is 10.6 Å². The van der Waals surface area contributed by atoms with Gasteiger partial charge in [0.25, 0.3) is 0 Å². The maximum Gasteiger partial charge on any atom is 0.0543 e. The zero-order valence-electron chi connectivity index (χ0n) is 38.5. The lowest BCUT2D eigenvalue weighted by Crippen LogP contribution is -2.12. The molecule has 0 radical (unpaired) electrons. The van der Waals surface area contributed by atoms with Gasteiger partial charge in [-0.2, -0.15) is 0 Å². The van der Waals surface area contributed by atoms with E-state index in [1.54, 1.807) is 0 Å². The summed E-state index contributed by atoms with van der Waals surface area (Å²) >= 11 is 3.79. The SMILES string of the molecule is CC(C)(C)c1cc(-c2ccccc2)c(Nc2cc(Nc3c(-c4ccccc4)cc(C(C)(C)C)cc3-c3ccccc3)cc(-n3c4ccccc4c4cc(Br)ccc43)c2)c(-c2ccccc2)c1. The molecule has 0 aliphatic rings. The van der Waals surface area contributed by atoms with Crippen LogP contribution in [0.4, 0.5) is 22.7 Å². The standard InChI is InChI=1S/C62H54BrN3/c1-61(2,3)45-33-52(41-21-11-7-12-22-41)59(53(34-45)42-23-13-8-14-24-42)64-48-38-49(40-50(39-48)66-57-30-20-19-29-51(57)56-37-47(63)31-32-58(56)66)65-60-54(43-25-15-9-16-26-43)35-46(62(4,5)6)36-55(60)44-27-17-10-18-28-44/h7-40,64-65H,1-6H3. The minimum Gasteiger partial charge on any atom is -0.354 e. The molecule has 0 atom stereocenters. The number of nitrogens with zero attached hydrogens (tertiary/aromatic N) is 1. The number of rotatable bonds is 9. The maximum atomic E-state index is 4.11. The van der Waals surface area contributed by atoms with E-state index >= 15 is 0 Å². The highest BCUT2D eigenvalue weighted by Crippen LogP contribution is 2.46. The molecule has 1 heterocycles. The summed E-state index contributed by atoms with van der Waals surface area (Å²) < 4.78 is 3.46.